The number of benzene rings is 2. The third-order valence-electron chi connectivity index (χ3n) is 3.10. The van der Waals surface area contributed by atoms with Crippen molar-refractivity contribution in [2.45, 2.75) is 11.0 Å². The van der Waals surface area contributed by atoms with E-state index in [-0.39, 0.29) is 10.5 Å². The van der Waals surface area contributed by atoms with Crippen LogP contribution in [0.2, 0.25) is 0 Å². The van der Waals surface area contributed by atoms with Gasteiger partial charge >= 0.3 is 0 Å². The first-order valence-electron chi connectivity index (χ1n) is 6.47. The van der Waals surface area contributed by atoms with Gasteiger partial charge in [0, 0.05) is 12.1 Å². The van der Waals surface area contributed by atoms with Crippen LogP contribution in [0.15, 0.2) is 47.4 Å². The molecule has 0 saturated heterocycles. The van der Waals surface area contributed by atoms with Gasteiger partial charge in [0.15, 0.2) is 0 Å². The molecule has 0 aliphatic heterocycles. The van der Waals surface area contributed by atoms with Crippen molar-refractivity contribution < 1.29 is 22.3 Å². The summed E-state index contributed by atoms with van der Waals surface area (Å²) in [6.45, 7) is -0.470. The predicted molar refractivity (Wildman–Crippen MR) is 77.7 cm³/mol. The zero-order valence-corrected chi connectivity index (χ0v) is 12.5. The van der Waals surface area contributed by atoms with E-state index in [0.29, 0.717) is 0 Å². The average molecular weight is 338 g/mol. The molecule has 0 radical (unpaired) electrons. The molecular weight excluding hydrogens is 326 g/mol. The summed E-state index contributed by atoms with van der Waals surface area (Å²) in [5.74, 6) is -1.49. The minimum Gasteiger partial charge on any atom is -0.387 e. The van der Waals surface area contributed by atoms with E-state index in [1.54, 1.807) is 0 Å². The van der Waals surface area contributed by atoms with Crippen molar-refractivity contribution in [3.05, 3.63) is 65.2 Å². The number of hydrogen-bond acceptors (Lipinski definition) is 4. The van der Waals surface area contributed by atoms with Crippen molar-refractivity contribution in [1.29, 1.82) is 5.26 Å². The topological polar surface area (TPSA) is 90.2 Å². The smallest absolute Gasteiger partial charge is 0.240 e. The van der Waals surface area contributed by atoms with Gasteiger partial charge in [-0.15, -0.1) is 0 Å². The first kappa shape index (κ1) is 17.0. The van der Waals surface area contributed by atoms with Gasteiger partial charge in [-0.25, -0.2) is 21.9 Å². The molecule has 2 aromatic rings. The molecule has 0 aromatic heterocycles. The van der Waals surface area contributed by atoms with Crippen molar-refractivity contribution >= 4 is 10.0 Å². The molecule has 120 valence electrons. The van der Waals surface area contributed by atoms with Gasteiger partial charge in [-0.05, 0) is 24.3 Å². The Kier molecular flexibility index (Phi) is 5.05. The first-order chi connectivity index (χ1) is 10.8. The summed E-state index contributed by atoms with van der Waals surface area (Å²) in [6, 6.07) is 9.71. The van der Waals surface area contributed by atoms with E-state index < -0.39 is 39.9 Å². The molecule has 2 rings (SSSR count). The Labute approximate surface area is 131 Å². The highest BCUT2D eigenvalue weighted by Gasteiger charge is 2.19. The van der Waals surface area contributed by atoms with Gasteiger partial charge in [-0.3, -0.25) is 0 Å². The Morgan fingerprint density at radius 3 is 2.52 bits per heavy atom. The van der Waals surface area contributed by atoms with Gasteiger partial charge in [0.2, 0.25) is 10.0 Å². The lowest BCUT2D eigenvalue weighted by molar-refractivity contribution is 0.177. The molecule has 0 aliphatic rings. The molecular formula is C15H12F2N2O3S. The predicted octanol–water partition coefficient (Wildman–Crippen LogP) is 1.85. The maximum absolute atomic E-state index is 13.5. The molecule has 0 aliphatic carbocycles. The lowest BCUT2D eigenvalue weighted by Crippen LogP contribution is -2.29. The van der Waals surface area contributed by atoms with Crippen molar-refractivity contribution in [1.82, 2.24) is 4.72 Å². The fraction of sp³-hybridized carbons (Fsp3) is 0.133. The first-order valence-corrected chi connectivity index (χ1v) is 7.95. The fourth-order valence-corrected chi connectivity index (χ4v) is 2.95. The second-order valence-corrected chi connectivity index (χ2v) is 6.41. The van der Waals surface area contributed by atoms with Crippen LogP contribution >= 0.6 is 0 Å². The zero-order chi connectivity index (χ0) is 17.0. The normalized spacial score (nSPS) is 12.6. The van der Waals surface area contributed by atoms with Crippen LogP contribution in [0.4, 0.5) is 8.78 Å². The molecule has 0 heterocycles. The molecule has 8 heteroatoms. The molecule has 2 aromatic carbocycles. The molecule has 2 N–H and O–H groups in total. The van der Waals surface area contributed by atoms with E-state index in [1.165, 1.54) is 24.3 Å². The highest BCUT2D eigenvalue weighted by atomic mass is 32.2. The van der Waals surface area contributed by atoms with E-state index >= 15 is 0 Å². The minimum atomic E-state index is -4.08. The average Bonchev–Trinajstić information content (AvgIpc) is 2.53. The summed E-state index contributed by atoms with van der Waals surface area (Å²) in [5, 5.41) is 18.6. The summed E-state index contributed by atoms with van der Waals surface area (Å²) >= 11 is 0. The van der Waals surface area contributed by atoms with Crippen molar-refractivity contribution in [3.8, 4) is 6.07 Å². The molecule has 23 heavy (non-hydrogen) atoms. The molecule has 0 bridgehead atoms. The van der Waals surface area contributed by atoms with Gasteiger partial charge in [-0.2, -0.15) is 5.26 Å². The zero-order valence-electron chi connectivity index (χ0n) is 11.7. The van der Waals surface area contributed by atoms with E-state index in [2.05, 4.69) is 4.72 Å². The summed E-state index contributed by atoms with van der Waals surface area (Å²) in [6.07, 6.45) is -1.39. The van der Waals surface area contributed by atoms with Crippen LogP contribution in [-0.2, 0) is 10.0 Å². The quantitative estimate of drug-likeness (QED) is 0.870. The fourth-order valence-electron chi connectivity index (χ4n) is 1.88. The SMILES string of the molecule is N#Cc1cc(S(=O)(=O)NCC(O)c2ccccc2F)ccc1F. The maximum Gasteiger partial charge on any atom is 0.240 e. The van der Waals surface area contributed by atoms with Crippen LogP contribution in [0.25, 0.3) is 0 Å². The van der Waals surface area contributed by atoms with Gasteiger partial charge in [-0.1, -0.05) is 18.2 Å². The van der Waals surface area contributed by atoms with Gasteiger partial charge < -0.3 is 5.11 Å². The van der Waals surface area contributed by atoms with Crippen LogP contribution < -0.4 is 4.72 Å². The molecule has 1 unspecified atom stereocenters. The third kappa shape index (κ3) is 3.90. The van der Waals surface area contributed by atoms with Crippen LogP contribution in [0, 0.1) is 23.0 Å². The van der Waals surface area contributed by atoms with Crippen molar-refractivity contribution in [2.24, 2.45) is 0 Å². The summed E-state index contributed by atoms with van der Waals surface area (Å²) in [7, 11) is -4.08. The van der Waals surface area contributed by atoms with Crippen LogP contribution in [0.1, 0.15) is 17.2 Å². The number of hydrogen-bond donors (Lipinski definition) is 2. The van der Waals surface area contributed by atoms with Crippen molar-refractivity contribution in [3.63, 3.8) is 0 Å². The summed E-state index contributed by atoms with van der Waals surface area (Å²) < 4.78 is 53.0. The van der Waals surface area contributed by atoms with E-state index in [9.17, 15) is 22.3 Å². The number of halogens is 2. The molecule has 5 nitrogen and oxygen atoms in total. The Morgan fingerprint density at radius 2 is 1.87 bits per heavy atom. The van der Waals surface area contributed by atoms with Crippen LogP contribution in [0.3, 0.4) is 0 Å². The number of aliphatic hydroxyl groups excluding tert-OH is 1. The Bertz CT molecular complexity index is 863. The number of aliphatic hydroxyl groups is 1. The van der Waals surface area contributed by atoms with Gasteiger partial charge in [0.25, 0.3) is 0 Å². The van der Waals surface area contributed by atoms with Gasteiger partial charge in [0.05, 0.1) is 16.6 Å². The lowest BCUT2D eigenvalue weighted by atomic mass is 10.1. The molecule has 0 fully saturated rings. The second-order valence-electron chi connectivity index (χ2n) is 4.64. The Balaban J connectivity index is 2.16. The number of nitriles is 1. The van der Waals surface area contributed by atoms with E-state index in [1.807, 2.05) is 0 Å². The highest BCUT2D eigenvalue weighted by Crippen LogP contribution is 2.18. The number of nitrogens with zero attached hydrogens (tertiary/aromatic N) is 1. The third-order valence-corrected chi connectivity index (χ3v) is 4.52. The Morgan fingerprint density at radius 1 is 1.17 bits per heavy atom. The van der Waals surface area contributed by atoms with Gasteiger partial charge in [0.1, 0.15) is 17.7 Å². The van der Waals surface area contributed by atoms with Crippen molar-refractivity contribution in [2.75, 3.05) is 6.54 Å². The van der Waals surface area contributed by atoms with Crippen LogP contribution in [-0.4, -0.2) is 20.1 Å². The molecule has 0 saturated carbocycles. The summed E-state index contributed by atoms with van der Waals surface area (Å²) in [4.78, 5) is -0.323. The largest absolute Gasteiger partial charge is 0.387 e. The monoisotopic (exact) mass is 338 g/mol. The number of nitrogens with one attached hydrogen (secondary N) is 1. The van der Waals surface area contributed by atoms with Crippen LogP contribution in [0.5, 0.6) is 0 Å². The number of rotatable bonds is 5. The highest BCUT2D eigenvalue weighted by molar-refractivity contribution is 7.89. The van der Waals surface area contributed by atoms with E-state index in [4.69, 9.17) is 5.26 Å². The molecule has 0 amide bonds. The summed E-state index contributed by atoms with van der Waals surface area (Å²) in [5.41, 5.74) is -0.463. The molecule has 1 atom stereocenters. The second kappa shape index (κ2) is 6.83. The molecule has 0 spiro atoms. The lowest BCUT2D eigenvalue weighted by Gasteiger charge is -2.13. The minimum absolute atomic E-state index is 0.0491. The Hall–Kier alpha value is -2.34. The number of sulfonamides is 1. The van der Waals surface area contributed by atoms with E-state index in [0.717, 1.165) is 24.3 Å². The maximum atomic E-state index is 13.5. The standard InChI is InChI=1S/C15H12F2N2O3S/c16-13-6-5-11(7-10(13)8-18)23(21,22)19-9-15(20)12-3-1-2-4-14(12)17/h1-7,15,19-20H,9H2.